The fraction of sp³-hybridized carbons (Fsp3) is 0.370. The minimum Gasteiger partial charge on any atom is -0.387 e. The molecule has 6 rings (SSSR count). The molecule has 1 fully saturated rings. The lowest BCUT2D eigenvalue weighted by atomic mass is 9.81. The molecule has 0 radical (unpaired) electrons. The van der Waals surface area contributed by atoms with E-state index in [1.165, 1.54) is 11.0 Å². The number of pyridine rings is 1. The van der Waals surface area contributed by atoms with Crippen molar-refractivity contribution < 1.29 is 27.8 Å². The lowest BCUT2D eigenvalue weighted by Crippen LogP contribution is -2.41. The topological polar surface area (TPSA) is 137 Å². The average Bonchev–Trinajstić information content (AvgIpc) is 3.58. The number of nitrogen functional groups attached to an aromatic ring is 1. The number of aliphatic hydroxyl groups is 1. The van der Waals surface area contributed by atoms with Gasteiger partial charge in [0.25, 0.3) is 5.91 Å². The molecule has 11 nitrogen and oxygen atoms in total. The van der Waals surface area contributed by atoms with E-state index in [9.17, 15) is 23.1 Å². The third kappa shape index (κ3) is 4.82. The van der Waals surface area contributed by atoms with Crippen LogP contribution in [0.4, 0.5) is 24.8 Å². The van der Waals surface area contributed by atoms with Crippen molar-refractivity contribution >= 4 is 17.5 Å². The number of fused-ring (bicyclic) bond motifs is 1. The Kier molecular flexibility index (Phi) is 6.34. The number of alkyl halides is 3. The number of amides is 1. The lowest BCUT2D eigenvalue weighted by molar-refractivity contribution is -0.138. The molecular weight excluding hydrogens is 541 g/mol. The van der Waals surface area contributed by atoms with Crippen molar-refractivity contribution in [3.05, 3.63) is 59.0 Å². The third-order valence-corrected chi connectivity index (χ3v) is 7.60. The van der Waals surface area contributed by atoms with E-state index in [-0.39, 0.29) is 48.1 Å². The first-order valence-electron chi connectivity index (χ1n) is 12.9. The molecule has 14 heteroatoms. The standard InChI is InChI=1S/C27H27F3N8O3/c1-36-14-32-35-24(36)18-10-33-37(2)23(18)16-8-21(31)34-22(9-16)38-11-19-17(25(38)39)6-15(7-20(19)27(28,29)30)12-41-13-26(40)4-3-5-26/h6-10,14,40H,3-5,11-13H2,1-2H3,(H2,31,34). The van der Waals surface area contributed by atoms with Crippen LogP contribution in [-0.4, -0.2) is 52.8 Å². The van der Waals surface area contributed by atoms with Crippen LogP contribution in [0.25, 0.3) is 22.6 Å². The zero-order chi connectivity index (χ0) is 29.1. The van der Waals surface area contributed by atoms with Crippen molar-refractivity contribution in [2.45, 2.75) is 44.2 Å². The first kappa shape index (κ1) is 26.9. The largest absolute Gasteiger partial charge is 0.416 e. The Labute approximate surface area is 232 Å². The maximum Gasteiger partial charge on any atom is 0.416 e. The molecule has 1 aliphatic carbocycles. The summed E-state index contributed by atoms with van der Waals surface area (Å²) in [7, 11) is 3.51. The number of halogens is 3. The number of nitrogens with two attached hydrogens (primary N) is 1. The molecule has 2 aliphatic rings. The second-order valence-electron chi connectivity index (χ2n) is 10.6. The number of hydrogen-bond acceptors (Lipinski definition) is 8. The molecule has 3 aromatic heterocycles. The predicted molar refractivity (Wildman–Crippen MR) is 141 cm³/mol. The second-order valence-corrected chi connectivity index (χ2v) is 10.6. The van der Waals surface area contributed by atoms with Gasteiger partial charge >= 0.3 is 6.18 Å². The molecule has 0 atom stereocenters. The van der Waals surface area contributed by atoms with E-state index in [1.807, 2.05) is 0 Å². The van der Waals surface area contributed by atoms with Gasteiger partial charge in [-0.15, -0.1) is 10.2 Å². The SMILES string of the molecule is Cn1cnnc1-c1cnn(C)c1-c1cc(N)nc(N2Cc3c(cc(COCC4(O)CCC4)cc3C(F)(F)F)C2=O)c1. The highest BCUT2D eigenvalue weighted by molar-refractivity contribution is 6.10. The summed E-state index contributed by atoms with van der Waals surface area (Å²) >= 11 is 0. The van der Waals surface area contributed by atoms with Crippen molar-refractivity contribution in [2.75, 3.05) is 17.2 Å². The molecule has 1 aromatic carbocycles. The van der Waals surface area contributed by atoms with E-state index in [0.29, 0.717) is 35.5 Å². The lowest BCUT2D eigenvalue weighted by Gasteiger charge is -2.36. The highest BCUT2D eigenvalue weighted by atomic mass is 19.4. The Morgan fingerprint density at radius 2 is 1.93 bits per heavy atom. The van der Waals surface area contributed by atoms with Gasteiger partial charge in [-0.25, -0.2) is 4.98 Å². The van der Waals surface area contributed by atoms with Crippen LogP contribution < -0.4 is 10.6 Å². The molecule has 0 bridgehead atoms. The van der Waals surface area contributed by atoms with Crippen LogP contribution in [0.2, 0.25) is 0 Å². The minimum atomic E-state index is -4.70. The van der Waals surface area contributed by atoms with Crippen LogP contribution in [-0.2, 0) is 38.2 Å². The van der Waals surface area contributed by atoms with Gasteiger partial charge in [-0.2, -0.15) is 18.3 Å². The Hall–Kier alpha value is -4.30. The Balaban J connectivity index is 1.35. The van der Waals surface area contributed by atoms with Crippen LogP contribution in [0.5, 0.6) is 0 Å². The molecule has 4 heterocycles. The molecule has 214 valence electrons. The summed E-state index contributed by atoms with van der Waals surface area (Å²) in [6, 6.07) is 5.61. The van der Waals surface area contributed by atoms with E-state index >= 15 is 0 Å². The smallest absolute Gasteiger partial charge is 0.387 e. The number of rotatable bonds is 7. The number of nitrogens with zero attached hydrogens (tertiary/aromatic N) is 7. The quantitative estimate of drug-likeness (QED) is 0.346. The molecule has 0 saturated heterocycles. The summed E-state index contributed by atoms with van der Waals surface area (Å²) < 4.78 is 51.3. The van der Waals surface area contributed by atoms with Gasteiger partial charge in [0.2, 0.25) is 0 Å². The highest BCUT2D eigenvalue weighted by Crippen LogP contribution is 2.41. The van der Waals surface area contributed by atoms with Gasteiger partial charge in [0, 0.05) is 25.2 Å². The van der Waals surface area contributed by atoms with Crippen LogP contribution >= 0.6 is 0 Å². The maximum absolute atomic E-state index is 14.2. The second kappa shape index (κ2) is 9.66. The number of carbonyl (C=O) groups excluding carboxylic acids is 1. The predicted octanol–water partition coefficient (Wildman–Crippen LogP) is 3.47. The van der Waals surface area contributed by atoms with E-state index in [4.69, 9.17) is 10.5 Å². The molecule has 1 saturated carbocycles. The average molecular weight is 569 g/mol. The van der Waals surface area contributed by atoms with Gasteiger partial charge in [-0.3, -0.25) is 14.4 Å². The van der Waals surface area contributed by atoms with Gasteiger partial charge < -0.3 is 20.1 Å². The first-order chi connectivity index (χ1) is 19.4. The molecule has 4 aromatic rings. The van der Waals surface area contributed by atoms with Gasteiger partial charge in [0.1, 0.15) is 18.0 Å². The zero-order valence-corrected chi connectivity index (χ0v) is 22.3. The van der Waals surface area contributed by atoms with E-state index in [0.717, 1.165) is 12.5 Å². The summed E-state index contributed by atoms with van der Waals surface area (Å²) in [6.45, 7) is -0.481. The number of ether oxygens (including phenoxy) is 1. The van der Waals surface area contributed by atoms with Gasteiger partial charge in [-0.05, 0) is 54.7 Å². The van der Waals surface area contributed by atoms with Crippen molar-refractivity contribution in [1.29, 1.82) is 0 Å². The monoisotopic (exact) mass is 568 g/mol. The third-order valence-electron chi connectivity index (χ3n) is 7.60. The molecule has 3 N–H and O–H groups in total. The molecular formula is C27H27F3N8O3. The Morgan fingerprint density at radius 3 is 2.59 bits per heavy atom. The summed E-state index contributed by atoms with van der Waals surface area (Å²) in [5.74, 6) is 0.0890. The molecule has 1 aliphatic heterocycles. The van der Waals surface area contributed by atoms with Crippen LogP contribution in [0.1, 0.15) is 46.3 Å². The van der Waals surface area contributed by atoms with E-state index in [2.05, 4.69) is 20.3 Å². The van der Waals surface area contributed by atoms with Gasteiger partial charge in [0.15, 0.2) is 5.82 Å². The molecule has 1 amide bonds. The fourth-order valence-electron chi connectivity index (χ4n) is 5.36. The van der Waals surface area contributed by atoms with Crippen LogP contribution in [0, 0.1) is 0 Å². The normalized spacial score (nSPS) is 16.2. The zero-order valence-electron chi connectivity index (χ0n) is 22.3. The van der Waals surface area contributed by atoms with Crippen LogP contribution in [0.3, 0.4) is 0 Å². The number of carbonyl (C=O) groups is 1. The number of benzene rings is 1. The summed E-state index contributed by atoms with van der Waals surface area (Å²) in [6.07, 6.45) is 0.527. The highest BCUT2D eigenvalue weighted by Gasteiger charge is 2.41. The van der Waals surface area contributed by atoms with Crippen molar-refractivity contribution in [1.82, 2.24) is 29.5 Å². The maximum atomic E-state index is 14.2. The minimum absolute atomic E-state index is 0.0197. The molecule has 0 spiro atoms. The van der Waals surface area contributed by atoms with Crippen molar-refractivity contribution in [3.8, 4) is 22.6 Å². The number of hydrogen-bond donors (Lipinski definition) is 2. The van der Waals surface area contributed by atoms with Crippen LogP contribution in [0.15, 0.2) is 36.8 Å². The number of anilines is 2. The molecule has 41 heavy (non-hydrogen) atoms. The summed E-state index contributed by atoms with van der Waals surface area (Å²) in [4.78, 5) is 19.0. The fourth-order valence-corrected chi connectivity index (χ4v) is 5.36. The molecule has 0 unspecified atom stereocenters. The number of aryl methyl sites for hydroxylation is 2. The van der Waals surface area contributed by atoms with Gasteiger partial charge in [-0.1, -0.05) is 0 Å². The summed E-state index contributed by atoms with van der Waals surface area (Å²) in [5.41, 5.74) is 6.07. The summed E-state index contributed by atoms with van der Waals surface area (Å²) in [5, 5.41) is 22.6. The number of aromatic nitrogens is 6. The Bertz CT molecular complexity index is 1660. The van der Waals surface area contributed by atoms with Crippen molar-refractivity contribution in [2.24, 2.45) is 14.1 Å². The van der Waals surface area contributed by atoms with Crippen molar-refractivity contribution in [3.63, 3.8) is 0 Å². The van der Waals surface area contributed by atoms with E-state index < -0.39 is 23.2 Å². The van der Waals surface area contributed by atoms with Gasteiger partial charge in [0.05, 0.1) is 48.4 Å². The van der Waals surface area contributed by atoms with E-state index in [1.54, 1.807) is 48.0 Å². The first-order valence-corrected chi connectivity index (χ1v) is 12.9. The Morgan fingerprint density at radius 1 is 1.15 bits per heavy atom.